The molecule has 1 atom stereocenters. The molecule has 0 aliphatic heterocycles. The Bertz CT molecular complexity index is 917. The highest BCUT2D eigenvalue weighted by molar-refractivity contribution is 7.16. The number of carbonyl (C=O) groups is 1. The number of likely N-dealkylation sites (N-methyl/N-ethyl adjacent to an activating group) is 1. The molecular weight excluding hydrogens is 336 g/mol. The molecular formula is C18H20N4O2S. The number of benzene rings is 1. The van der Waals surface area contributed by atoms with E-state index in [1.54, 1.807) is 6.07 Å². The maximum absolute atomic E-state index is 12.3. The van der Waals surface area contributed by atoms with Crippen molar-refractivity contribution in [3.05, 3.63) is 64.0 Å². The predicted molar refractivity (Wildman–Crippen MR) is 99.8 cm³/mol. The highest BCUT2D eigenvalue weighted by Gasteiger charge is 2.15. The molecule has 0 aliphatic carbocycles. The minimum atomic E-state index is -0.207. The second-order valence-electron chi connectivity index (χ2n) is 6.01. The second kappa shape index (κ2) is 7.58. The van der Waals surface area contributed by atoms with Crippen molar-refractivity contribution in [2.75, 3.05) is 20.6 Å². The number of rotatable bonds is 6. The summed E-state index contributed by atoms with van der Waals surface area (Å²) in [4.78, 5) is 31.6. The Labute approximate surface area is 149 Å². The van der Waals surface area contributed by atoms with Gasteiger partial charge in [0.2, 0.25) is 5.91 Å². The summed E-state index contributed by atoms with van der Waals surface area (Å²) in [6.45, 7) is 0.436. The standard InChI is InChI=1S/C18H20N4O2S/c1-21(2)15(13-6-4-3-5-7-13)10-19-16(23)11-22-12-20-17-14(18(22)24)8-9-25-17/h3-9,12,15H,10-11H2,1-2H3,(H,19,23)/t15-/m1/s1. The monoisotopic (exact) mass is 356 g/mol. The first-order chi connectivity index (χ1) is 12.1. The van der Waals surface area contributed by atoms with E-state index in [0.717, 1.165) is 5.56 Å². The van der Waals surface area contributed by atoms with Gasteiger partial charge in [-0.1, -0.05) is 30.3 Å². The van der Waals surface area contributed by atoms with Crippen LogP contribution < -0.4 is 10.9 Å². The molecule has 25 heavy (non-hydrogen) atoms. The van der Waals surface area contributed by atoms with Crippen molar-refractivity contribution in [2.45, 2.75) is 12.6 Å². The average Bonchev–Trinajstić information content (AvgIpc) is 3.08. The summed E-state index contributed by atoms with van der Waals surface area (Å²) < 4.78 is 1.34. The van der Waals surface area contributed by atoms with Crippen LogP contribution in [0.25, 0.3) is 10.2 Å². The zero-order chi connectivity index (χ0) is 17.8. The molecule has 7 heteroatoms. The Morgan fingerprint density at radius 3 is 2.76 bits per heavy atom. The van der Waals surface area contributed by atoms with Crippen LogP contribution in [-0.4, -0.2) is 41.0 Å². The zero-order valence-electron chi connectivity index (χ0n) is 14.2. The Balaban J connectivity index is 1.67. The quantitative estimate of drug-likeness (QED) is 0.732. The van der Waals surface area contributed by atoms with Crippen molar-refractivity contribution in [2.24, 2.45) is 0 Å². The lowest BCUT2D eigenvalue weighted by atomic mass is 10.1. The van der Waals surface area contributed by atoms with Crippen molar-refractivity contribution in [3.63, 3.8) is 0 Å². The molecule has 0 aliphatic rings. The van der Waals surface area contributed by atoms with E-state index in [0.29, 0.717) is 16.8 Å². The van der Waals surface area contributed by atoms with E-state index in [4.69, 9.17) is 0 Å². The van der Waals surface area contributed by atoms with Crippen LogP contribution in [0.4, 0.5) is 0 Å². The van der Waals surface area contributed by atoms with Gasteiger partial charge in [0.15, 0.2) is 0 Å². The number of nitrogens with one attached hydrogen (secondary N) is 1. The first-order valence-corrected chi connectivity index (χ1v) is 8.85. The number of fused-ring (bicyclic) bond motifs is 1. The third kappa shape index (κ3) is 3.94. The highest BCUT2D eigenvalue weighted by atomic mass is 32.1. The number of amides is 1. The molecule has 0 saturated carbocycles. The van der Waals surface area contributed by atoms with Gasteiger partial charge in [0.05, 0.1) is 17.8 Å². The van der Waals surface area contributed by atoms with Gasteiger partial charge in [0.25, 0.3) is 5.56 Å². The molecule has 1 aromatic carbocycles. The number of thiophene rings is 1. The Hall–Kier alpha value is -2.51. The molecule has 6 nitrogen and oxygen atoms in total. The van der Waals surface area contributed by atoms with Crippen LogP contribution in [0.15, 0.2) is 52.9 Å². The summed E-state index contributed by atoms with van der Waals surface area (Å²) in [6, 6.07) is 11.8. The van der Waals surface area contributed by atoms with Crippen LogP contribution in [0.2, 0.25) is 0 Å². The molecule has 1 N–H and O–H groups in total. The van der Waals surface area contributed by atoms with Gasteiger partial charge in [-0.2, -0.15) is 0 Å². The molecule has 130 valence electrons. The number of nitrogens with zero attached hydrogens (tertiary/aromatic N) is 3. The Morgan fingerprint density at radius 2 is 2.04 bits per heavy atom. The summed E-state index contributed by atoms with van der Waals surface area (Å²) in [7, 11) is 3.95. The normalized spacial score (nSPS) is 12.4. The highest BCUT2D eigenvalue weighted by Crippen LogP contribution is 2.16. The van der Waals surface area contributed by atoms with E-state index >= 15 is 0 Å². The van der Waals surface area contributed by atoms with E-state index in [-0.39, 0.29) is 24.1 Å². The minimum absolute atomic E-state index is 0.0352. The second-order valence-corrected chi connectivity index (χ2v) is 6.91. The van der Waals surface area contributed by atoms with Gasteiger partial charge in [-0.05, 0) is 31.1 Å². The smallest absolute Gasteiger partial charge is 0.262 e. The predicted octanol–water partition coefficient (Wildman–Crippen LogP) is 1.88. The molecule has 2 heterocycles. The molecule has 0 saturated heterocycles. The lowest BCUT2D eigenvalue weighted by Crippen LogP contribution is -2.37. The van der Waals surface area contributed by atoms with Crippen molar-refractivity contribution in [1.82, 2.24) is 19.8 Å². The summed E-state index contributed by atoms with van der Waals surface area (Å²) >= 11 is 1.41. The average molecular weight is 356 g/mol. The number of carbonyl (C=O) groups excluding carboxylic acids is 1. The van der Waals surface area contributed by atoms with E-state index in [1.807, 2.05) is 49.8 Å². The Morgan fingerprint density at radius 1 is 1.28 bits per heavy atom. The van der Waals surface area contributed by atoms with Gasteiger partial charge in [-0.3, -0.25) is 14.2 Å². The van der Waals surface area contributed by atoms with Crippen LogP contribution in [0, 0.1) is 0 Å². The van der Waals surface area contributed by atoms with Crippen LogP contribution in [0.1, 0.15) is 11.6 Å². The number of hydrogen-bond donors (Lipinski definition) is 1. The Kier molecular flexibility index (Phi) is 5.25. The molecule has 0 fully saturated rings. The molecule has 0 bridgehead atoms. The van der Waals surface area contributed by atoms with Crippen molar-refractivity contribution in [3.8, 4) is 0 Å². The minimum Gasteiger partial charge on any atom is -0.353 e. The van der Waals surface area contributed by atoms with Crippen molar-refractivity contribution in [1.29, 1.82) is 0 Å². The summed E-state index contributed by atoms with van der Waals surface area (Å²) in [5.41, 5.74) is 0.944. The van der Waals surface area contributed by atoms with Crippen LogP contribution >= 0.6 is 11.3 Å². The van der Waals surface area contributed by atoms with Crippen molar-refractivity contribution < 1.29 is 4.79 Å². The lowest BCUT2D eigenvalue weighted by Gasteiger charge is -2.25. The molecule has 0 spiro atoms. The molecule has 0 radical (unpaired) electrons. The topological polar surface area (TPSA) is 67.2 Å². The third-order valence-electron chi connectivity index (χ3n) is 4.06. The fourth-order valence-corrected chi connectivity index (χ4v) is 3.42. The van der Waals surface area contributed by atoms with E-state index < -0.39 is 0 Å². The molecule has 2 aromatic heterocycles. The van der Waals surface area contributed by atoms with Gasteiger partial charge in [0.1, 0.15) is 11.4 Å². The zero-order valence-corrected chi connectivity index (χ0v) is 15.0. The van der Waals surface area contributed by atoms with Gasteiger partial charge < -0.3 is 10.2 Å². The van der Waals surface area contributed by atoms with Gasteiger partial charge in [0, 0.05) is 6.54 Å². The summed E-state index contributed by atoms with van der Waals surface area (Å²) in [6.07, 6.45) is 1.43. The van der Waals surface area contributed by atoms with E-state index in [2.05, 4.69) is 15.2 Å². The largest absolute Gasteiger partial charge is 0.353 e. The van der Waals surface area contributed by atoms with Crippen molar-refractivity contribution >= 4 is 27.5 Å². The maximum Gasteiger partial charge on any atom is 0.262 e. The van der Waals surface area contributed by atoms with Crippen LogP contribution in [0.3, 0.4) is 0 Å². The molecule has 3 rings (SSSR count). The first kappa shape index (κ1) is 17.3. The van der Waals surface area contributed by atoms with Gasteiger partial charge >= 0.3 is 0 Å². The first-order valence-electron chi connectivity index (χ1n) is 7.97. The summed E-state index contributed by atoms with van der Waals surface area (Å²) in [5, 5.41) is 5.29. The molecule has 3 aromatic rings. The molecule has 1 amide bonds. The summed E-state index contributed by atoms with van der Waals surface area (Å²) in [5.74, 6) is -0.207. The lowest BCUT2D eigenvalue weighted by molar-refractivity contribution is -0.121. The fourth-order valence-electron chi connectivity index (χ4n) is 2.70. The van der Waals surface area contributed by atoms with Crippen LogP contribution in [-0.2, 0) is 11.3 Å². The number of aromatic nitrogens is 2. The van der Waals surface area contributed by atoms with Gasteiger partial charge in [-0.25, -0.2) is 4.98 Å². The van der Waals surface area contributed by atoms with Crippen LogP contribution in [0.5, 0.6) is 0 Å². The fraction of sp³-hybridized carbons (Fsp3) is 0.278. The maximum atomic E-state index is 12.3. The van der Waals surface area contributed by atoms with Gasteiger partial charge in [-0.15, -0.1) is 11.3 Å². The third-order valence-corrected chi connectivity index (χ3v) is 4.89. The van der Waals surface area contributed by atoms with E-state index in [9.17, 15) is 9.59 Å². The molecule has 0 unspecified atom stereocenters. The SMILES string of the molecule is CN(C)[C@H](CNC(=O)Cn1cnc2sccc2c1=O)c1ccccc1. The number of hydrogen-bond acceptors (Lipinski definition) is 5. The van der Waals surface area contributed by atoms with E-state index in [1.165, 1.54) is 22.2 Å².